The minimum atomic E-state index is -0.330. The first-order valence-corrected chi connectivity index (χ1v) is 7.51. The molecule has 5 heteroatoms. The Morgan fingerprint density at radius 2 is 2.18 bits per heavy atom. The number of carbonyl (C=O) groups is 1. The number of ether oxygens (including phenoxy) is 1. The van der Waals surface area contributed by atoms with Gasteiger partial charge >= 0.3 is 0 Å². The van der Waals surface area contributed by atoms with Crippen molar-refractivity contribution in [3.8, 4) is 5.75 Å². The van der Waals surface area contributed by atoms with Crippen molar-refractivity contribution < 1.29 is 13.9 Å². The number of benzene rings is 1. The zero-order chi connectivity index (χ0) is 15.7. The van der Waals surface area contributed by atoms with Gasteiger partial charge in [-0.25, -0.2) is 4.98 Å². The molecule has 1 N–H and O–H groups in total. The van der Waals surface area contributed by atoms with Crippen molar-refractivity contribution in [1.29, 1.82) is 0 Å². The Balaban J connectivity index is 1.87. The number of amides is 1. The lowest BCUT2D eigenvalue weighted by Crippen LogP contribution is -2.41. The van der Waals surface area contributed by atoms with Crippen LogP contribution in [0.3, 0.4) is 0 Å². The largest absolute Gasteiger partial charge is 0.487 e. The number of oxazole rings is 1. The summed E-state index contributed by atoms with van der Waals surface area (Å²) in [4.78, 5) is 16.5. The summed E-state index contributed by atoms with van der Waals surface area (Å²) in [6.45, 7) is 5.98. The van der Waals surface area contributed by atoms with Gasteiger partial charge in [0.15, 0.2) is 12.1 Å². The molecule has 1 aliphatic heterocycles. The zero-order valence-electron chi connectivity index (χ0n) is 13.1. The lowest BCUT2D eigenvalue weighted by atomic mass is 9.89. The number of hydrogen-bond acceptors (Lipinski definition) is 4. The van der Waals surface area contributed by atoms with Gasteiger partial charge in [0, 0.05) is 18.4 Å². The van der Waals surface area contributed by atoms with E-state index < -0.39 is 0 Å². The summed E-state index contributed by atoms with van der Waals surface area (Å²) < 4.78 is 11.2. The van der Waals surface area contributed by atoms with E-state index in [-0.39, 0.29) is 17.6 Å². The molecule has 1 aromatic heterocycles. The maximum atomic E-state index is 12.5. The van der Waals surface area contributed by atoms with Crippen molar-refractivity contribution >= 4 is 5.91 Å². The van der Waals surface area contributed by atoms with Crippen LogP contribution in [0.15, 0.2) is 35.1 Å². The highest BCUT2D eigenvalue weighted by atomic mass is 16.5. The minimum absolute atomic E-state index is 0.103. The van der Waals surface area contributed by atoms with Gasteiger partial charge in [0.05, 0.1) is 6.04 Å². The van der Waals surface area contributed by atoms with Crippen LogP contribution in [-0.4, -0.2) is 16.5 Å². The van der Waals surface area contributed by atoms with E-state index >= 15 is 0 Å². The van der Waals surface area contributed by atoms with Gasteiger partial charge in [-0.3, -0.25) is 4.79 Å². The van der Waals surface area contributed by atoms with Gasteiger partial charge < -0.3 is 14.5 Å². The molecule has 3 rings (SSSR count). The first kappa shape index (κ1) is 14.6. The van der Waals surface area contributed by atoms with Crippen molar-refractivity contribution in [2.45, 2.75) is 45.3 Å². The second kappa shape index (κ2) is 5.48. The molecular formula is C17H20N2O3. The predicted octanol–water partition coefficient (Wildman–Crippen LogP) is 3.27. The van der Waals surface area contributed by atoms with Crippen molar-refractivity contribution in [3.63, 3.8) is 0 Å². The van der Waals surface area contributed by atoms with Crippen LogP contribution < -0.4 is 10.1 Å². The van der Waals surface area contributed by atoms with E-state index in [2.05, 4.69) is 10.3 Å². The van der Waals surface area contributed by atoms with Gasteiger partial charge in [-0.1, -0.05) is 25.1 Å². The van der Waals surface area contributed by atoms with E-state index in [0.717, 1.165) is 11.3 Å². The van der Waals surface area contributed by atoms with E-state index in [1.807, 2.05) is 45.0 Å². The first-order chi connectivity index (χ1) is 10.5. The summed E-state index contributed by atoms with van der Waals surface area (Å²) in [6.07, 6.45) is 2.66. The SMILES string of the molecule is CCc1ocnc1C(=O)NC1CC(C)(C)Oc2ccccc21. The summed E-state index contributed by atoms with van der Waals surface area (Å²) in [6, 6.07) is 7.70. The Bertz CT molecular complexity index is 691. The highest BCUT2D eigenvalue weighted by Gasteiger charge is 2.35. The standard InChI is InChI=1S/C17H20N2O3/c1-4-13-15(18-10-21-13)16(20)19-12-9-17(2,3)22-14-8-6-5-7-11(12)14/h5-8,10,12H,4,9H2,1-3H3,(H,19,20). The van der Waals surface area contributed by atoms with Crippen LogP contribution >= 0.6 is 0 Å². The molecule has 0 fully saturated rings. The molecule has 2 heterocycles. The van der Waals surface area contributed by atoms with Gasteiger partial charge in [0.1, 0.15) is 17.1 Å². The van der Waals surface area contributed by atoms with Crippen molar-refractivity contribution in [2.24, 2.45) is 0 Å². The number of aromatic nitrogens is 1. The van der Waals surface area contributed by atoms with Gasteiger partial charge in [-0.2, -0.15) is 0 Å². The first-order valence-electron chi connectivity index (χ1n) is 7.51. The summed E-state index contributed by atoms with van der Waals surface area (Å²) in [5.74, 6) is 1.22. The van der Waals surface area contributed by atoms with Crippen LogP contribution in [0.1, 0.15) is 55.0 Å². The Labute approximate surface area is 129 Å². The maximum Gasteiger partial charge on any atom is 0.274 e. The van der Waals surface area contributed by atoms with Crippen LogP contribution in [-0.2, 0) is 6.42 Å². The monoisotopic (exact) mass is 300 g/mol. The molecule has 2 aromatic rings. The van der Waals surface area contributed by atoms with E-state index in [0.29, 0.717) is 24.3 Å². The van der Waals surface area contributed by atoms with Crippen LogP contribution in [0.25, 0.3) is 0 Å². The van der Waals surface area contributed by atoms with E-state index in [9.17, 15) is 4.79 Å². The number of rotatable bonds is 3. The molecule has 1 atom stereocenters. The number of fused-ring (bicyclic) bond motifs is 1. The Morgan fingerprint density at radius 1 is 1.41 bits per heavy atom. The fourth-order valence-corrected chi connectivity index (χ4v) is 2.86. The predicted molar refractivity (Wildman–Crippen MR) is 81.9 cm³/mol. The van der Waals surface area contributed by atoms with Gasteiger partial charge in [0.2, 0.25) is 0 Å². The number of para-hydroxylation sites is 1. The van der Waals surface area contributed by atoms with Crippen molar-refractivity contribution in [2.75, 3.05) is 0 Å². The molecule has 22 heavy (non-hydrogen) atoms. The third-order valence-corrected chi connectivity index (χ3v) is 3.86. The molecular weight excluding hydrogens is 280 g/mol. The summed E-state index contributed by atoms with van der Waals surface area (Å²) in [5.41, 5.74) is 1.03. The number of carbonyl (C=O) groups excluding carboxylic acids is 1. The van der Waals surface area contributed by atoms with E-state index in [1.165, 1.54) is 6.39 Å². The number of nitrogens with one attached hydrogen (secondary N) is 1. The number of aryl methyl sites for hydroxylation is 1. The molecule has 0 saturated heterocycles. The molecule has 116 valence electrons. The number of nitrogens with zero attached hydrogens (tertiary/aromatic N) is 1. The van der Waals surface area contributed by atoms with E-state index in [1.54, 1.807) is 0 Å². The average molecular weight is 300 g/mol. The molecule has 0 spiro atoms. The van der Waals surface area contributed by atoms with Gasteiger partial charge in [-0.15, -0.1) is 0 Å². The number of hydrogen-bond donors (Lipinski definition) is 1. The normalized spacial score (nSPS) is 19.1. The molecule has 0 bridgehead atoms. The van der Waals surface area contributed by atoms with Crippen LogP contribution in [0.2, 0.25) is 0 Å². The second-order valence-corrected chi connectivity index (χ2v) is 6.11. The highest BCUT2D eigenvalue weighted by molar-refractivity contribution is 5.93. The molecule has 1 aromatic carbocycles. The second-order valence-electron chi connectivity index (χ2n) is 6.11. The van der Waals surface area contributed by atoms with Crippen molar-refractivity contribution in [3.05, 3.63) is 47.7 Å². The third kappa shape index (κ3) is 2.71. The minimum Gasteiger partial charge on any atom is -0.487 e. The third-order valence-electron chi connectivity index (χ3n) is 3.86. The van der Waals surface area contributed by atoms with Gasteiger partial charge in [-0.05, 0) is 19.9 Å². The lowest BCUT2D eigenvalue weighted by Gasteiger charge is -2.37. The fourth-order valence-electron chi connectivity index (χ4n) is 2.86. The topological polar surface area (TPSA) is 64.4 Å². The van der Waals surface area contributed by atoms with Crippen LogP contribution in [0, 0.1) is 0 Å². The summed E-state index contributed by atoms with van der Waals surface area (Å²) in [7, 11) is 0. The Hall–Kier alpha value is -2.30. The van der Waals surface area contributed by atoms with Crippen LogP contribution in [0.5, 0.6) is 5.75 Å². The molecule has 5 nitrogen and oxygen atoms in total. The Morgan fingerprint density at radius 3 is 2.95 bits per heavy atom. The van der Waals surface area contributed by atoms with E-state index in [4.69, 9.17) is 9.15 Å². The van der Waals surface area contributed by atoms with Crippen molar-refractivity contribution in [1.82, 2.24) is 10.3 Å². The molecule has 0 radical (unpaired) electrons. The molecule has 1 amide bonds. The summed E-state index contributed by atoms with van der Waals surface area (Å²) >= 11 is 0. The molecule has 0 aliphatic carbocycles. The molecule has 1 unspecified atom stereocenters. The average Bonchev–Trinajstić information content (AvgIpc) is 2.94. The fraction of sp³-hybridized carbons (Fsp3) is 0.412. The van der Waals surface area contributed by atoms with Crippen LogP contribution in [0.4, 0.5) is 0 Å². The smallest absolute Gasteiger partial charge is 0.274 e. The summed E-state index contributed by atoms with van der Waals surface area (Å²) in [5, 5.41) is 3.07. The quantitative estimate of drug-likeness (QED) is 0.945. The Kier molecular flexibility index (Phi) is 3.64. The highest BCUT2D eigenvalue weighted by Crippen LogP contribution is 2.39. The maximum absolute atomic E-state index is 12.5. The molecule has 1 aliphatic rings. The molecule has 0 saturated carbocycles. The van der Waals surface area contributed by atoms with Gasteiger partial charge in [0.25, 0.3) is 5.91 Å². The zero-order valence-corrected chi connectivity index (χ0v) is 13.1. The lowest BCUT2D eigenvalue weighted by molar-refractivity contribution is 0.0618.